The molecular formula is C20H25N3O3S. The molecule has 1 saturated heterocycles. The topological polar surface area (TPSA) is 71.5 Å². The molecule has 2 aromatic rings. The molecule has 1 N–H and O–H groups in total. The number of thiophene rings is 1. The minimum Gasteiger partial charge on any atom is -0.388 e. The third-order valence-corrected chi connectivity index (χ3v) is 7.34. The van der Waals surface area contributed by atoms with E-state index in [9.17, 15) is 9.90 Å². The number of aliphatic hydroxyl groups is 1. The first-order valence-electron chi connectivity index (χ1n) is 9.83. The Kier molecular flexibility index (Phi) is 4.33. The summed E-state index contributed by atoms with van der Waals surface area (Å²) in [6.45, 7) is 3.08. The van der Waals surface area contributed by atoms with Gasteiger partial charge in [0, 0.05) is 19.6 Å². The molecule has 0 radical (unpaired) electrons. The van der Waals surface area contributed by atoms with Crippen molar-refractivity contribution in [2.24, 2.45) is 17.8 Å². The average Bonchev–Trinajstić information content (AvgIpc) is 3.43. The van der Waals surface area contributed by atoms with Gasteiger partial charge in [-0.2, -0.15) is 4.68 Å². The maximum Gasteiger partial charge on any atom is 0.437 e. The van der Waals surface area contributed by atoms with Crippen LogP contribution in [-0.4, -0.2) is 45.0 Å². The summed E-state index contributed by atoms with van der Waals surface area (Å²) in [7, 11) is 0. The molecular weight excluding hydrogens is 362 g/mol. The van der Waals surface area contributed by atoms with Crippen LogP contribution in [0.5, 0.6) is 0 Å². The highest BCUT2D eigenvalue weighted by Gasteiger charge is 2.39. The normalized spacial score (nSPS) is 29.6. The Balaban J connectivity index is 1.20. The summed E-state index contributed by atoms with van der Waals surface area (Å²) < 4.78 is 6.55. The molecule has 1 aliphatic heterocycles. The molecule has 3 aliphatic rings. The van der Waals surface area contributed by atoms with Crippen molar-refractivity contribution in [3.8, 4) is 10.8 Å². The summed E-state index contributed by atoms with van der Waals surface area (Å²) in [4.78, 5) is 15.4. The number of fused-ring (bicyclic) bond motifs is 2. The van der Waals surface area contributed by atoms with Crippen LogP contribution >= 0.6 is 11.3 Å². The zero-order chi connectivity index (χ0) is 18.4. The van der Waals surface area contributed by atoms with Gasteiger partial charge in [0.25, 0.3) is 5.89 Å². The molecule has 2 aliphatic carbocycles. The number of rotatable bonds is 5. The number of hydrogen-bond donors (Lipinski definition) is 1. The molecule has 3 unspecified atom stereocenters. The van der Waals surface area contributed by atoms with Gasteiger partial charge in [-0.1, -0.05) is 18.2 Å². The molecule has 1 saturated carbocycles. The molecule has 3 heterocycles. The van der Waals surface area contributed by atoms with Crippen molar-refractivity contribution in [3.05, 3.63) is 40.2 Å². The summed E-state index contributed by atoms with van der Waals surface area (Å²) in [5, 5.41) is 17.2. The Morgan fingerprint density at radius 1 is 1.30 bits per heavy atom. The monoisotopic (exact) mass is 387 g/mol. The average molecular weight is 388 g/mol. The lowest BCUT2D eigenvalue weighted by molar-refractivity contribution is -0.0406. The fraction of sp³-hybridized carbons (Fsp3) is 0.600. The highest BCUT2D eigenvalue weighted by atomic mass is 32.1. The van der Waals surface area contributed by atoms with Crippen LogP contribution in [0.3, 0.4) is 0 Å². The summed E-state index contributed by atoms with van der Waals surface area (Å²) in [6.07, 6.45) is 8.78. The molecule has 3 atom stereocenters. The summed E-state index contributed by atoms with van der Waals surface area (Å²) in [5.41, 5.74) is -0.890. The van der Waals surface area contributed by atoms with Crippen LogP contribution in [0, 0.1) is 17.8 Å². The first kappa shape index (κ1) is 17.4. The molecule has 0 spiro atoms. The van der Waals surface area contributed by atoms with Crippen LogP contribution in [0.25, 0.3) is 10.8 Å². The number of piperidine rings is 1. The second-order valence-electron chi connectivity index (χ2n) is 8.37. The van der Waals surface area contributed by atoms with Crippen molar-refractivity contribution < 1.29 is 9.52 Å². The third kappa shape index (κ3) is 3.44. The second-order valence-corrected chi connectivity index (χ2v) is 9.32. The Bertz CT molecular complexity index is 877. The van der Waals surface area contributed by atoms with Crippen molar-refractivity contribution in [2.45, 2.75) is 37.8 Å². The number of allylic oxidation sites excluding steroid dienone is 2. The third-order valence-electron chi connectivity index (χ3n) is 6.48. The van der Waals surface area contributed by atoms with Gasteiger partial charge in [-0.15, -0.1) is 16.4 Å². The first-order chi connectivity index (χ1) is 13.1. The van der Waals surface area contributed by atoms with Gasteiger partial charge in [0.2, 0.25) is 0 Å². The summed E-state index contributed by atoms with van der Waals surface area (Å²) >= 11 is 1.48. The predicted octanol–water partition coefficient (Wildman–Crippen LogP) is 2.60. The molecule has 2 fully saturated rings. The predicted molar refractivity (Wildman–Crippen MR) is 104 cm³/mol. The Morgan fingerprint density at radius 3 is 2.81 bits per heavy atom. The van der Waals surface area contributed by atoms with Gasteiger partial charge >= 0.3 is 5.76 Å². The maximum absolute atomic E-state index is 12.1. The van der Waals surface area contributed by atoms with E-state index in [0.717, 1.165) is 42.3 Å². The Hall–Kier alpha value is -1.70. The van der Waals surface area contributed by atoms with Gasteiger partial charge in [0.1, 0.15) is 0 Å². The van der Waals surface area contributed by atoms with Crippen LogP contribution in [-0.2, 0) is 6.54 Å². The van der Waals surface area contributed by atoms with E-state index in [-0.39, 0.29) is 6.54 Å². The lowest BCUT2D eigenvalue weighted by Gasteiger charge is -2.39. The van der Waals surface area contributed by atoms with E-state index in [1.54, 1.807) is 0 Å². The Labute approximate surface area is 162 Å². The molecule has 6 nitrogen and oxygen atoms in total. The standard InChI is InChI=1S/C20H25N3O3S/c24-19-23(21-18(26-19)17-2-1-9-27-17)13-20(25)5-7-22(8-6-20)12-16-11-14-3-4-15(16)10-14/h1-4,9,14-16,25H,5-8,10-13H2. The molecule has 5 rings (SSSR count). The van der Waals surface area contributed by atoms with Gasteiger partial charge in [-0.25, -0.2) is 4.79 Å². The van der Waals surface area contributed by atoms with Crippen molar-refractivity contribution in [1.29, 1.82) is 0 Å². The quantitative estimate of drug-likeness (QED) is 0.799. The van der Waals surface area contributed by atoms with E-state index in [1.807, 2.05) is 17.5 Å². The molecule has 0 amide bonds. The fourth-order valence-corrected chi connectivity index (χ4v) is 5.58. The number of hydrogen-bond acceptors (Lipinski definition) is 6. The minimum atomic E-state index is -0.890. The van der Waals surface area contributed by atoms with E-state index in [0.29, 0.717) is 18.7 Å². The van der Waals surface area contributed by atoms with Crippen LogP contribution in [0.1, 0.15) is 25.7 Å². The van der Waals surface area contributed by atoms with Crippen molar-refractivity contribution in [1.82, 2.24) is 14.7 Å². The van der Waals surface area contributed by atoms with Gasteiger partial charge in [-0.05, 0) is 54.9 Å². The van der Waals surface area contributed by atoms with Crippen LogP contribution in [0.4, 0.5) is 0 Å². The zero-order valence-electron chi connectivity index (χ0n) is 15.3. The van der Waals surface area contributed by atoms with Gasteiger partial charge in [-0.3, -0.25) is 0 Å². The van der Waals surface area contributed by atoms with Gasteiger partial charge in [0.15, 0.2) is 0 Å². The lowest BCUT2D eigenvalue weighted by atomic mass is 9.88. The number of nitrogens with zero attached hydrogens (tertiary/aromatic N) is 3. The fourth-order valence-electron chi connectivity index (χ4n) is 4.93. The summed E-state index contributed by atoms with van der Waals surface area (Å²) in [6, 6.07) is 3.77. The maximum atomic E-state index is 12.1. The van der Waals surface area contributed by atoms with Crippen molar-refractivity contribution >= 4 is 11.3 Å². The summed E-state index contributed by atoms with van der Waals surface area (Å²) in [5.74, 6) is 2.18. The molecule has 7 heteroatoms. The molecule has 144 valence electrons. The number of aromatic nitrogens is 2. The highest BCUT2D eigenvalue weighted by Crippen LogP contribution is 2.44. The van der Waals surface area contributed by atoms with Gasteiger partial charge < -0.3 is 14.4 Å². The molecule has 2 bridgehead atoms. The largest absolute Gasteiger partial charge is 0.437 e. The van der Waals surface area contributed by atoms with E-state index >= 15 is 0 Å². The highest BCUT2D eigenvalue weighted by molar-refractivity contribution is 7.13. The van der Waals surface area contributed by atoms with Crippen molar-refractivity contribution in [3.63, 3.8) is 0 Å². The minimum absolute atomic E-state index is 0.200. The molecule has 2 aromatic heterocycles. The molecule has 27 heavy (non-hydrogen) atoms. The lowest BCUT2D eigenvalue weighted by Crippen LogP contribution is -2.49. The second kappa shape index (κ2) is 6.72. The van der Waals surface area contributed by atoms with Crippen molar-refractivity contribution in [2.75, 3.05) is 19.6 Å². The van der Waals surface area contributed by atoms with Crippen LogP contribution in [0.15, 0.2) is 38.9 Å². The zero-order valence-corrected chi connectivity index (χ0v) is 16.1. The van der Waals surface area contributed by atoms with Crippen LogP contribution in [0.2, 0.25) is 0 Å². The number of likely N-dealkylation sites (tertiary alicyclic amines) is 1. The van der Waals surface area contributed by atoms with E-state index < -0.39 is 11.4 Å². The Morgan fingerprint density at radius 2 is 2.15 bits per heavy atom. The van der Waals surface area contributed by atoms with E-state index in [4.69, 9.17) is 4.42 Å². The van der Waals surface area contributed by atoms with E-state index in [2.05, 4.69) is 22.2 Å². The SMILES string of the molecule is O=c1oc(-c2cccs2)nn1CC1(O)CCN(CC2CC3C=CC2C3)CC1. The van der Waals surface area contributed by atoms with Crippen LogP contribution < -0.4 is 5.76 Å². The van der Waals surface area contributed by atoms with E-state index in [1.165, 1.54) is 28.9 Å². The van der Waals surface area contributed by atoms with Gasteiger partial charge in [0.05, 0.1) is 17.0 Å². The smallest absolute Gasteiger partial charge is 0.388 e. The molecule has 0 aromatic carbocycles. The first-order valence-corrected chi connectivity index (χ1v) is 10.7.